The summed E-state index contributed by atoms with van der Waals surface area (Å²) in [4.78, 5) is 2.11. The molecule has 1 radical (unpaired) electrons. The minimum Gasteiger partial charge on any atom is -0.377 e. The van der Waals surface area contributed by atoms with Crippen molar-refractivity contribution in [3.63, 3.8) is 0 Å². The van der Waals surface area contributed by atoms with Gasteiger partial charge in [-0.15, -0.1) is 0 Å². The highest BCUT2D eigenvalue weighted by atomic mass is 15.1. The highest BCUT2D eigenvalue weighted by Gasteiger charge is 2.00. The molecule has 0 saturated carbocycles. The van der Waals surface area contributed by atoms with E-state index in [2.05, 4.69) is 49.3 Å². The Morgan fingerprint density at radius 3 is 2.62 bits per heavy atom. The maximum Gasteiger partial charge on any atom is 0.0447 e. The first-order valence-corrected chi connectivity index (χ1v) is 4.36. The van der Waals surface area contributed by atoms with Crippen molar-refractivity contribution in [3.05, 3.63) is 42.5 Å². The van der Waals surface area contributed by atoms with Crippen molar-refractivity contribution in [2.45, 2.75) is 0 Å². The molecule has 0 aliphatic rings. The van der Waals surface area contributed by atoms with Gasteiger partial charge < -0.3 is 4.90 Å². The third kappa shape index (κ3) is 1.37. The molecular weight excluding hydrogens is 158 g/mol. The number of hydrogen-bond donors (Lipinski definition) is 0. The second-order valence-electron chi connectivity index (χ2n) is 3.31. The normalized spacial score (nSPS) is 10.3. The number of fused-ring (bicyclic) bond motifs is 1. The van der Waals surface area contributed by atoms with E-state index in [1.165, 1.54) is 16.5 Å². The number of anilines is 1. The SMILES string of the molecule is CN(C)c1cccc2ccc[c]c12. The average Bonchev–Trinajstić information content (AvgIpc) is 2.17. The Morgan fingerprint density at radius 2 is 1.85 bits per heavy atom. The van der Waals surface area contributed by atoms with E-state index >= 15 is 0 Å². The first kappa shape index (κ1) is 8.11. The summed E-state index contributed by atoms with van der Waals surface area (Å²) in [6.07, 6.45) is 0. The molecule has 0 aliphatic heterocycles. The summed E-state index contributed by atoms with van der Waals surface area (Å²) in [6.45, 7) is 0. The molecule has 0 aromatic heterocycles. The molecule has 0 N–H and O–H groups in total. The third-order valence-electron chi connectivity index (χ3n) is 2.16. The van der Waals surface area contributed by atoms with E-state index in [-0.39, 0.29) is 0 Å². The Bertz CT molecular complexity index is 413. The van der Waals surface area contributed by atoms with Crippen LogP contribution in [0.4, 0.5) is 5.69 Å². The van der Waals surface area contributed by atoms with Gasteiger partial charge in [-0.1, -0.05) is 30.3 Å². The second-order valence-corrected chi connectivity index (χ2v) is 3.31. The van der Waals surface area contributed by atoms with Gasteiger partial charge in [-0.25, -0.2) is 0 Å². The van der Waals surface area contributed by atoms with Gasteiger partial charge in [0.05, 0.1) is 0 Å². The van der Waals surface area contributed by atoms with Crippen molar-refractivity contribution in [2.24, 2.45) is 0 Å². The summed E-state index contributed by atoms with van der Waals surface area (Å²) < 4.78 is 0. The Labute approximate surface area is 78.6 Å². The zero-order valence-electron chi connectivity index (χ0n) is 7.91. The largest absolute Gasteiger partial charge is 0.377 e. The van der Waals surface area contributed by atoms with Gasteiger partial charge in [-0.3, -0.25) is 0 Å². The van der Waals surface area contributed by atoms with Gasteiger partial charge in [-0.2, -0.15) is 0 Å². The Morgan fingerprint density at radius 1 is 1.08 bits per heavy atom. The molecule has 65 valence electrons. The molecule has 0 heterocycles. The molecule has 0 fully saturated rings. The van der Waals surface area contributed by atoms with Gasteiger partial charge in [0, 0.05) is 25.2 Å². The summed E-state index contributed by atoms with van der Waals surface area (Å²) in [7, 11) is 4.10. The lowest BCUT2D eigenvalue weighted by Crippen LogP contribution is -2.08. The molecule has 2 aromatic rings. The van der Waals surface area contributed by atoms with Crippen LogP contribution in [0.2, 0.25) is 0 Å². The Kier molecular flexibility index (Phi) is 1.93. The van der Waals surface area contributed by atoms with Crippen molar-refractivity contribution in [1.82, 2.24) is 0 Å². The van der Waals surface area contributed by atoms with E-state index < -0.39 is 0 Å². The standard InChI is InChI=1S/C12H12N/c1-13(2)12-9-5-7-10-6-3-4-8-11(10)12/h3-7,9H,1-2H3. The fourth-order valence-corrected chi connectivity index (χ4v) is 1.51. The Hall–Kier alpha value is -1.50. The predicted octanol–water partition coefficient (Wildman–Crippen LogP) is 2.71. The molecule has 1 nitrogen and oxygen atoms in total. The van der Waals surface area contributed by atoms with Crippen LogP contribution in [0.15, 0.2) is 36.4 Å². The first-order valence-electron chi connectivity index (χ1n) is 4.36. The fourth-order valence-electron chi connectivity index (χ4n) is 1.51. The van der Waals surface area contributed by atoms with Crippen LogP contribution in [0.1, 0.15) is 0 Å². The molecule has 0 bridgehead atoms. The highest BCUT2D eigenvalue weighted by molar-refractivity contribution is 5.93. The minimum atomic E-state index is 1.19. The van der Waals surface area contributed by atoms with Crippen LogP contribution in [0.25, 0.3) is 10.8 Å². The van der Waals surface area contributed by atoms with Gasteiger partial charge in [0.2, 0.25) is 0 Å². The summed E-state index contributed by atoms with van der Waals surface area (Å²) in [5, 5.41) is 2.43. The number of nitrogens with zero attached hydrogens (tertiary/aromatic N) is 1. The lowest BCUT2D eigenvalue weighted by Gasteiger charge is -2.14. The maximum absolute atomic E-state index is 3.26. The van der Waals surface area contributed by atoms with Gasteiger partial charge >= 0.3 is 0 Å². The minimum absolute atomic E-state index is 1.19. The monoisotopic (exact) mass is 170 g/mol. The molecule has 0 aliphatic carbocycles. The van der Waals surface area contributed by atoms with E-state index in [4.69, 9.17) is 0 Å². The first-order chi connectivity index (χ1) is 6.29. The lowest BCUT2D eigenvalue weighted by molar-refractivity contribution is 1.14. The van der Waals surface area contributed by atoms with E-state index in [0.717, 1.165) is 0 Å². The van der Waals surface area contributed by atoms with E-state index in [0.29, 0.717) is 0 Å². The van der Waals surface area contributed by atoms with Crippen LogP contribution < -0.4 is 4.90 Å². The van der Waals surface area contributed by atoms with Crippen LogP contribution in [-0.4, -0.2) is 14.1 Å². The van der Waals surface area contributed by atoms with Gasteiger partial charge in [0.1, 0.15) is 0 Å². The molecule has 0 atom stereocenters. The number of hydrogen-bond acceptors (Lipinski definition) is 1. The molecule has 0 unspecified atom stereocenters. The van der Waals surface area contributed by atoms with Crippen molar-refractivity contribution >= 4 is 16.5 Å². The van der Waals surface area contributed by atoms with Crippen LogP contribution in [0.5, 0.6) is 0 Å². The Balaban J connectivity index is 2.76. The molecule has 0 amide bonds. The molecule has 13 heavy (non-hydrogen) atoms. The number of rotatable bonds is 1. The lowest BCUT2D eigenvalue weighted by atomic mass is 10.1. The fraction of sp³-hybridized carbons (Fsp3) is 0.167. The van der Waals surface area contributed by atoms with E-state index in [1.54, 1.807) is 0 Å². The maximum atomic E-state index is 3.26. The predicted molar refractivity (Wildman–Crippen MR) is 57.1 cm³/mol. The molecule has 1 heteroatoms. The summed E-state index contributed by atoms with van der Waals surface area (Å²) in [5.41, 5.74) is 1.22. The van der Waals surface area contributed by atoms with Crippen molar-refractivity contribution in [3.8, 4) is 0 Å². The molecule has 2 rings (SSSR count). The molecular formula is C12H12N. The highest BCUT2D eigenvalue weighted by Crippen LogP contribution is 2.24. The summed E-state index contributed by atoms with van der Waals surface area (Å²) in [6, 6.07) is 15.6. The van der Waals surface area contributed by atoms with E-state index in [9.17, 15) is 0 Å². The van der Waals surface area contributed by atoms with Crippen molar-refractivity contribution in [1.29, 1.82) is 0 Å². The van der Waals surface area contributed by atoms with Crippen LogP contribution >= 0.6 is 0 Å². The smallest absolute Gasteiger partial charge is 0.0447 e. The van der Waals surface area contributed by atoms with Crippen molar-refractivity contribution < 1.29 is 0 Å². The van der Waals surface area contributed by atoms with Gasteiger partial charge in [0.15, 0.2) is 0 Å². The van der Waals surface area contributed by atoms with Crippen LogP contribution in [0.3, 0.4) is 0 Å². The second kappa shape index (κ2) is 3.09. The zero-order valence-corrected chi connectivity index (χ0v) is 7.91. The molecule has 2 aromatic carbocycles. The average molecular weight is 170 g/mol. The van der Waals surface area contributed by atoms with Crippen LogP contribution in [0, 0.1) is 6.07 Å². The molecule has 0 spiro atoms. The van der Waals surface area contributed by atoms with Crippen LogP contribution in [-0.2, 0) is 0 Å². The topological polar surface area (TPSA) is 3.24 Å². The molecule has 0 saturated heterocycles. The van der Waals surface area contributed by atoms with E-state index in [1.807, 2.05) is 12.1 Å². The van der Waals surface area contributed by atoms with Gasteiger partial charge in [0.25, 0.3) is 0 Å². The third-order valence-corrected chi connectivity index (χ3v) is 2.16. The van der Waals surface area contributed by atoms with Gasteiger partial charge in [-0.05, 0) is 17.5 Å². The quantitative estimate of drug-likeness (QED) is 0.636. The zero-order chi connectivity index (χ0) is 9.26. The summed E-state index contributed by atoms with van der Waals surface area (Å²) in [5.74, 6) is 0. The van der Waals surface area contributed by atoms with Crippen molar-refractivity contribution in [2.75, 3.05) is 19.0 Å². The summed E-state index contributed by atoms with van der Waals surface area (Å²) >= 11 is 0. The number of benzene rings is 2.